The molecule has 1 nitrogen and oxygen atoms in total. The molecule has 2 aromatic rings. The number of rotatable bonds is 3. The molecule has 0 saturated heterocycles. The van der Waals surface area contributed by atoms with Crippen LogP contribution in [0.1, 0.15) is 22.8 Å². The summed E-state index contributed by atoms with van der Waals surface area (Å²) >= 11 is 5.86. The molecule has 0 bridgehead atoms. The van der Waals surface area contributed by atoms with Gasteiger partial charge >= 0.3 is 0 Å². The van der Waals surface area contributed by atoms with Crippen LogP contribution >= 0.6 is 11.6 Å². The molecule has 2 rings (SSSR count). The Morgan fingerprint density at radius 2 is 1.83 bits per heavy atom. The first-order valence-corrected chi connectivity index (χ1v) is 6.13. The van der Waals surface area contributed by atoms with E-state index in [0.717, 1.165) is 11.1 Å². The number of aliphatic hydroxyl groups excluding tert-OH is 1. The summed E-state index contributed by atoms with van der Waals surface area (Å²) in [5, 5.41) is 10.2. The molecule has 0 heterocycles. The Morgan fingerprint density at radius 3 is 2.50 bits per heavy atom. The van der Waals surface area contributed by atoms with Gasteiger partial charge in [0.05, 0.1) is 11.1 Å². The molecule has 0 radical (unpaired) electrons. The number of halogens is 2. The Morgan fingerprint density at radius 1 is 1.17 bits per heavy atom. The van der Waals surface area contributed by atoms with Gasteiger partial charge in [-0.2, -0.15) is 0 Å². The summed E-state index contributed by atoms with van der Waals surface area (Å²) in [7, 11) is 0. The average molecular weight is 265 g/mol. The van der Waals surface area contributed by atoms with Crippen LogP contribution in [0.5, 0.6) is 0 Å². The van der Waals surface area contributed by atoms with Gasteiger partial charge in [-0.1, -0.05) is 53.6 Å². The maximum atomic E-state index is 13.3. The fraction of sp³-hybridized carbons (Fsp3) is 0.200. The zero-order valence-electron chi connectivity index (χ0n) is 10.0. The van der Waals surface area contributed by atoms with Gasteiger partial charge in [-0.3, -0.25) is 0 Å². The van der Waals surface area contributed by atoms with E-state index in [1.807, 2.05) is 31.2 Å². The molecule has 2 aromatic carbocycles. The maximum Gasteiger partial charge on any atom is 0.142 e. The molecular weight excluding hydrogens is 251 g/mol. The minimum Gasteiger partial charge on any atom is -0.388 e. The number of hydrogen-bond donors (Lipinski definition) is 1. The third kappa shape index (κ3) is 2.89. The third-order valence-electron chi connectivity index (χ3n) is 2.91. The van der Waals surface area contributed by atoms with Crippen molar-refractivity contribution in [2.75, 3.05) is 0 Å². The Labute approximate surface area is 111 Å². The van der Waals surface area contributed by atoms with E-state index in [9.17, 15) is 9.50 Å². The number of aryl methyl sites for hydroxylation is 1. The van der Waals surface area contributed by atoms with Gasteiger partial charge in [0.1, 0.15) is 5.82 Å². The molecule has 18 heavy (non-hydrogen) atoms. The molecule has 1 unspecified atom stereocenters. The second-order valence-electron chi connectivity index (χ2n) is 4.34. The molecular formula is C15H14ClFO. The van der Waals surface area contributed by atoms with Gasteiger partial charge in [-0.05, 0) is 24.1 Å². The smallest absolute Gasteiger partial charge is 0.142 e. The van der Waals surface area contributed by atoms with E-state index in [0.29, 0.717) is 12.0 Å². The van der Waals surface area contributed by atoms with Gasteiger partial charge in [0.15, 0.2) is 0 Å². The summed E-state index contributed by atoms with van der Waals surface area (Å²) in [5.41, 5.74) is 2.56. The minimum atomic E-state index is -0.676. The Kier molecular flexibility index (Phi) is 4.00. The van der Waals surface area contributed by atoms with Crippen molar-refractivity contribution in [2.24, 2.45) is 0 Å². The fourth-order valence-corrected chi connectivity index (χ4v) is 2.02. The molecule has 0 amide bonds. The zero-order valence-corrected chi connectivity index (χ0v) is 10.8. The number of benzene rings is 2. The van der Waals surface area contributed by atoms with E-state index in [1.165, 1.54) is 6.07 Å². The molecule has 1 N–H and O–H groups in total. The van der Waals surface area contributed by atoms with Crippen molar-refractivity contribution in [3.8, 4) is 0 Å². The van der Waals surface area contributed by atoms with Crippen LogP contribution in [0.4, 0.5) is 4.39 Å². The van der Waals surface area contributed by atoms with Crippen molar-refractivity contribution in [2.45, 2.75) is 19.4 Å². The number of hydrogen-bond acceptors (Lipinski definition) is 1. The lowest BCUT2D eigenvalue weighted by molar-refractivity contribution is 0.178. The molecule has 0 aromatic heterocycles. The van der Waals surface area contributed by atoms with Crippen molar-refractivity contribution in [1.29, 1.82) is 0 Å². The predicted molar refractivity (Wildman–Crippen MR) is 71.3 cm³/mol. The first-order chi connectivity index (χ1) is 8.58. The maximum absolute atomic E-state index is 13.3. The van der Waals surface area contributed by atoms with E-state index < -0.39 is 11.9 Å². The SMILES string of the molecule is Cc1ccc(C(O)Cc2cccc(F)c2Cl)cc1. The molecule has 0 spiro atoms. The molecule has 0 fully saturated rings. The summed E-state index contributed by atoms with van der Waals surface area (Å²) in [5.74, 6) is -0.453. The van der Waals surface area contributed by atoms with E-state index in [4.69, 9.17) is 11.6 Å². The Hall–Kier alpha value is -1.38. The van der Waals surface area contributed by atoms with Crippen molar-refractivity contribution in [3.05, 3.63) is 70.0 Å². The van der Waals surface area contributed by atoms with Crippen LogP contribution in [-0.2, 0) is 6.42 Å². The monoisotopic (exact) mass is 264 g/mol. The average Bonchev–Trinajstić information content (AvgIpc) is 2.36. The zero-order chi connectivity index (χ0) is 13.1. The highest BCUT2D eigenvalue weighted by Gasteiger charge is 2.12. The second kappa shape index (κ2) is 5.51. The first-order valence-electron chi connectivity index (χ1n) is 5.75. The van der Waals surface area contributed by atoms with Crippen molar-refractivity contribution < 1.29 is 9.50 Å². The Bertz CT molecular complexity index is 537. The lowest BCUT2D eigenvalue weighted by Gasteiger charge is -2.12. The van der Waals surface area contributed by atoms with Crippen LogP contribution in [0.2, 0.25) is 5.02 Å². The highest BCUT2D eigenvalue weighted by Crippen LogP contribution is 2.25. The van der Waals surface area contributed by atoms with Crippen LogP contribution in [0.25, 0.3) is 0 Å². The van der Waals surface area contributed by atoms with Gasteiger partial charge in [0, 0.05) is 6.42 Å². The molecule has 0 saturated carbocycles. The van der Waals surface area contributed by atoms with Crippen LogP contribution in [0.15, 0.2) is 42.5 Å². The van der Waals surface area contributed by atoms with E-state index in [-0.39, 0.29) is 5.02 Å². The number of aliphatic hydroxyl groups is 1. The van der Waals surface area contributed by atoms with Crippen LogP contribution in [0.3, 0.4) is 0 Å². The largest absolute Gasteiger partial charge is 0.388 e. The lowest BCUT2D eigenvalue weighted by atomic mass is 10.0. The summed E-state index contributed by atoms with van der Waals surface area (Å²) in [6.45, 7) is 1.99. The van der Waals surface area contributed by atoms with Crippen molar-refractivity contribution >= 4 is 11.6 Å². The minimum absolute atomic E-state index is 0.0867. The van der Waals surface area contributed by atoms with Crippen LogP contribution in [0, 0.1) is 12.7 Å². The topological polar surface area (TPSA) is 20.2 Å². The summed E-state index contributed by atoms with van der Waals surface area (Å²) in [6, 6.07) is 12.2. The molecule has 3 heteroatoms. The normalized spacial score (nSPS) is 12.4. The van der Waals surface area contributed by atoms with E-state index in [2.05, 4.69) is 0 Å². The first kappa shape index (κ1) is 13.1. The van der Waals surface area contributed by atoms with Gasteiger partial charge in [-0.25, -0.2) is 4.39 Å². The summed E-state index contributed by atoms with van der Waals surface area (Å²) in [4.78, 5) is 0. The van der Waals surface area contributed by atoms with E-state index in [1.54, 1.807) is 12.1 Å². The molecule has 0 aliphatic carbocycles. The second-order valence-corrected chi connectivity index (χ2v) is 4.72. The quantitative estimate of drug-likeness (QED) is 0.886. The van der Waals surface area contributed by atoms with Crippen LogP contribution < -0.4 is 0 Å². The fourth-order valence-electron chi connectivity index (χ4n) is 1.82. The van der Waals surface area contributed by atoms with Gasteiger partial charge in [0.2, 0.25) is 0 Å². The molecule has 0 aliphatic rings. The van der Waals surface area contributed by atoms with Gasteiger partial charge in [-0.15, -0.1) is 0 Å². The summed E-state index contributed by atoms with van der Waals surface area (Å²) < 4.78 is 13.3. The predicted octanol–water partition coefficient (Wildman–Crippen LogP) is 4.06. The summed E-state index contributed by atoms with van der Waals surface area (Å²) in [6.07, 6.45) is -0.371. The van der Waals surface area contributed by atoms with Gasteiger partial charge in [0.25, 0.3) is 0 Å². The molecule has 0 aliphatic heterocycles. The van der Waals surface area contributed by atoms with Crippen molar-refractivity contribution in [3.63, 3.8) is 0 Å². The highest BCUT2D eigenvalue weighted by molar-refractivity contribution is 6.31. The third-order valence-corrected chi connectivity index (χ3v) is 3.33. The van der Waals surface area contributed by atoms with Crippen LogP contribution in [-0.4, -0.2) is 5.11 Å². The Balaban J connectivity index is 2.18. The van der Waals surface area contributed by atoms with E-state index >= 15 is 0 Å². The van der Waals surface area contributed by atoms with Crippen molar-refractivity contribution in [1.82, 2.24) is 0 Å². The lowest BCUT2D eigenvalue weighted by Crippen LogP contribution is -2.03. The highest BCUT2D eigenvalue weighted by atomic mass is 35.5. The standard InChI is InChI=1S/C15H14ClFO/c1-10-5-7-11(8-6-10)14(18)9-12-3-2-4-13(17)15(12)16/h2-8,14,18H,9H2,1H3. The van der Waals surface area contributed by atoms with Gasteiger partial charge < -0.3 is 5.11 Å². The molecule has 1 atom stereocenters. The molecule has 94 valence electrons.